The fraction of sp³-hybridized carbons (Fsp3) is 0.440. The number of benzene rings is 2. The highest BCUT2D eigenvalue weighted by Gasteiger charge is 2.41. The van der Waals surface area contributed by atoms with Gasteiger partial charge >= 0.3 is 0 Å². The predicted octanol–water partition coefficient (Wildman–Crippen LogP) is 5.56. The minimum atomic E-state index is 0.182. The number of nitrogens with zero attached hydrogens (tertiary/aromatic N) is 1. The molecule has 142 valence electrons. The molecule has 0 aromatic heterocycles. The van der Waals surface area contributed by atoms with Crippen molar-refractivity contribution in [1.29, 1.82) is 0 Å². The molecule has 2 heteroatoms. The Hall–Kier alpha value is -1.90. The summed E-state index contributed by atoms with van der Waals surface area (Å²) in [5.74, 6) is 0. The Labute approximate surface area is 163 Å². The van der Waals surface area contributed by atoms with Gasteiger partial charge in [0.1, 0.15) is 0 Å². The number of fused-ring (bicyclic) bond motifs is 2. The van der Waals surface area contributed by atoms with Crippen LogP contribution in [0.4, 0.5) is 0 Å². The third-order valence-corrected chi connectivity index (χ3v) is 6.25. The number of aryl methyl sites for hydroxylation is 1. The molecule has 0 spiro atoms. The Morgan fingerprint density at radius 1 is 0.963 bits per heavy atom. The number of piperidine rings is 1. The van der Waals surface area contributed by atoms with E-state index in [1.807, 2.05) is 0 Å². The first kappa shape index (κ1) is 18.5. The second-order valence-corrected chi connectivity index (χ2v) is 8.02. The van der Waals surface area contributed by atoms with Crippen molar-refractivity contribution in [3.8, 4) is 0 Å². The molecule has 2 bridgehead atoms. The molecule has 2 aliphatic rings. The van der Waals surface area contributed by atoms with Gasteiger partial charge in [0.05, 0.1) is 12.2 Å². The van der Waals surface area contributed by atoms with Gasteiger partial charge in [-0.05, 0) is 49.7 Å². The maximum atomic E-state index is 6.75. The molecule has 2 fully saturated rings. The van der Waals surface area contributed by atoms with E-state index in [2.05, 4.69) is 78.2 Å². The summed E-state index contributed by atoms with van der Waals surface area (Å²) in [7, 11) is 0. The van der Waals surface area contributed by atoms with E-state index in [1.165, 1.54) is 36.8 Å². The van der Waals surface area contributed by atoms with E-state index >= 15 is 0 Å². The first-order valence-corrected chi connectivity index (χ1v) is 10.4. The van der Waals surface area contributed by atoms with Gasteiger partial charge in [-0.3, -0.25) is 4.90 Å². The van der Waals surface area contributed by atoms with Gasteiger partial charge in [-0.25, -0.2) is 0 Å². The van der Waals surface area contributed by atoms with Crippen LogP contribution in [0.25, 0.3) is 0 Å². The molecule has 0 amide bonds. The van der Waals surface area contributed by atoms with Crippen molar-refractivity contribution < 1.29 is 4.74 Å². The SMILES string of the molecule is C=CCN1[C@@H]2CC[C@H]1CC(OC(CCc1ccccc1)c1ccccc1)C2. The topological polar surface area (TPSA) is 12.5 Å². The van der Waals surface area contributed by atoms with E-state index in [4.69, 9.17) is 4.74 Å². The molecule has 0 aliphatic carbocycles. The lowest BCUT2D eigenvalue weighted by Crippen LogP contribution is -2.45. The van der Waals surface area contributed by atoms with Gasteiger partial charge in [0.15, 0.2) is 0 Å². The molecular weight excluding hydrogens is 330 g/mol. The molecule has 27 heavy (non-hydrogen) atoms. The van der Waals surface area contributed by atoms with Crippen molar-refractivity contribution in [3.05, 3.63) is 84.4 Å². The minimum Gasteiger partial charge on any atom is -0.370 e. The number of hydrogen-bond donors (Lipinski definition) is 0. The van der Waals surface area contributed by atoms with E-state index in [0.717, 1.165) is 19.4 Å². The van der Waals surface area contributed by atoms with Crippen molar-refractivity contribution in [1.82, 2.24) is 4.90 Å². The first-order valence-electron chi connectivity index (χ1n) is 10.4. The van der Waals surface area contributed by atoms with Crippen molar-refractivity contribution in [2.24, 2.45) is 0 Å². The number of ether oxygens (including phenoxy) is 1. The van der Waals surface area contributed by atoms with Crippen LogP contribution in [0.15, 0.2) is 73.3 Å². The molecule has 4 rings (SSSR count). The van der Waals surface area contributed by atoms with Gasteiger partial charge in [0.25, 0.3) is 0 Å². The zero-order chi connectivity index (χ0) is 18.5. The first-order chi connectivity index (χ1) is 13.3. The van der Waals surface area contributed by atoms with E-state index in [0.29, 0.717) is 18.2 Å². The summed E-state index contributed by atoms with van der Waals surface area (Å²) in [4.78, 5) is 2.65. The lowest BCUT2D eigenvalue weighted by atomic mass is 9.97. The van der Waals surface area contributed by atoms with Crippen LogP contribution in [-0.4, -0.2) is 29.6 Å². The summed E-state index contributed by atoms with van der Waals surface area (Å²) in [6, 6.07) is 22.9. The second kappa shape index (κ2) is 8.86. The van der Waals surface area contributed by atoms with Gasteiger partial charge in [-0.2, -0.15) is 0 Å². The van der Waals surface area contributed by atoms with Crippen LogP contribution in [-0.2, 0) is 11.2 Å². The summed E-state index contributed by atoms with van der Waals surface area (Å²) in [5, 5.41) is 0. The maximum Gasteiger partial charge on any atom is 0.0831 e. The summed E-state index contributed by atoms with van der Waals surface area (Å²) in [6.45, 7) is 4.96. The third-order valence-electron chi connectivity index (χ3n) is 6.25. The van der Waals surface area contributed by atoms with Crippen LogP contribution in [0.2, 0.25) is 0 Å². The van der Waals surface area contributed by atoms with Crippen molar-refractivity contribution >= 4 is 0 Å². The standard InChI is InChI=1S/C25H31NO/c1-2-17-26-22-14-15-23(26)19-24(18-22)27-25(21-11-7-4-8-12-21)16-13-20-9-5-3-6-10-20/h2-12,22-25H,1,13-19H2/t22-,23+,24?,25?. The summed E-state index contributed by atoms with van der Waals surface area (Å²) >= 11 is 0. The average Bonchev–Trinajstić information content (AvgIpc) is 2.95. The molecule has 2 aliphatic heterocycles. The lowest BCUT2D eigenvalue weighted by molar-refractivity contribution is -0.0631. The van der Waals surface area contributed by atoms with Crippen molar-refractivity contribution in [3.63, 3.8) is 0 Å². The Balaban J connectivity index is 1.43. The second-order valence-electron chi connectivity index (χ2n) is 8.02. The fourth-order valence-electron chi connectivity index (χ4n) is 4.94. The zero-order valence-corrected chi connectivity index (χ0v) is 16.2. The molecule has 2 aromatic rings. The third kappa shape index (κ3) is 4.51. The van der Waals surface area contributed by atoms with Crippen molar-refractivity contribution in [2.75, 3.05) is 6.54 Å². The van der Waals surface area contributed by atoms with E-state index in [1.54, 1.807) is 0 Å². The molecule has 2 nitrogen and oxygen atoms in total. The van der Waals surface area contributed by atoms with E-state index < -0.39 is 0 Å². The Morgan fingerprint density at radius 2 is 1.59 bits per heavy atom. The zero-order valence-electron chi connectivity index (χ0n) is 16.2. The summed E-state index contributed by atoms with van der Waals surface area (Å²) in [6.07, 6.45) is 9.68. The molecular formula is C25H31NO. The largest absolute Gasteiger partial charge is 0.370 e. The molecule has 4 atom stereocenters. The highest BCUT2D eigenvalue weighted by molar-refractivity contribution is 5.20. The molecule has 2 saturated heterocycles. The summed E-state index contributed by atoms with van der Waals surface area (Å²) < 4.78 is 6.75. The van der Waals surface area contributed by atoms with Crippen LogP contribution in [0.1, 0.15) is 49.3 Å². The van der Waals surface area contributed by atoms with Crippen LogP contribution in [0.5, 0.6) is 0 Å². The van der Waals surface area contributed by atoms with Gasteiger partial charge in [-0.15, -0.1) is 6.58 Å². The van der Waals surface area contributed by atoms with Gasteiger partial charge in [0, 0.05) is 18.6 Å². The minimum absolute atomic E-state index is 0.182. The monoisotopic (exact) mass is 361 g/mol. The van der Waals surface area contributed by atoms with Gasteiger partial charge in [0.2, 0.25) is 0 Å². The maximum absolute atomic E-state index is 6.75. The van der Waals surface area contributed by atoms with E-state index in [-0.39, 0.29) is 6.10 Å². The Morgan fingerprint density at radius 3 is 2.22 bits per heavy atom. The molecule has 2 heterocycles. The molecule has 2 unspecified atom stereocenters. The van der Waals surface area contributed by atoms with E-state index in [9.17, 15) is 0 Å². The van der Waals surface area contributed by atoms with Crippen LogP contribution in [0, 0.1) is 0 Å². The highest BCUT2D eigenvalue weighted by atomic mass is 16.5. The van der Waals surface area contributed by atoms with Crippen LogP contribution < -0.4 is 0 Å². The normalized spacial score (nSPS) is 26.0. The predicted molar refractivity (Wildman–Crippen MR) is 112 cm³/mol. The molecule has 0 radical (unpaired) electrons. The lowest BCUT2D eigenvalue weighted by Gasteiger charge is -2.39. The average molecular weight is 362 g/mol. The van der Waals surface area contributed by atoms with Gasteiger partial charge < -0.3 is 4.74 Å². The molecule has 0 N–H and O–H groups in total. The Kier molecular flexibility index (Phi) is 6.06. The van der Waals surface area contributed by atoms with Gasteiger partial charge in [-0.1, -0.05) is 66.7 Å². The fourth-order valence-corrected chi connectivity index (χ4v) is 4.94. The number of hydrogen-bond acceptors (Lipinski definition) is 2. The summed E-state index contributed by atoms with van der Waals surface area (Å²) in [5.41, 5.74) is 2.71. The van der Waals surface area contributed by atoms with Crippen molar-refractivity contribution in [2.45, 2.75) is 62.8 Å². The number of rotatable bonds is 8. The van der Waals surface area contributed by atoms with Crippen LogP contribution >= 0.6 is 0 Å². The Bertz CT molecular complexity index is 700. The van der Waals surface area contributed by atoms with Crippen LogP contribution in [0.3, 0.4) is 0 Å². The quantitative estimate of drug-likeness (QED) is 0.571. The smallest absolute Gasteiger partial charge is 0.0831 e. The molecule has 2 aromatic carbocycles. The molecule has 0 saturated carbocycles. The highest BCUT2D eigenvalue weighted by Crippen LogP contribution is 2.39.